The number of rotatable bonds is 3. The minimum Gasteiger partial charge on any atom is -0.361 e. The second-order valence-corrected chi connectivity index (χ2v) is 5.99. The third kappa shape index (κ3) is 2.81. The van der Waals surface area contributed by atoms with Crippen molar-refractivity contribution in [3.05, 3.63) is 36.0 Å². The molecule has 112 valence electrons. The molecule has 1 aromatic heterocycles. The molecule has 4 heteroatoms. The molecule has 0 radical (unpaired) electrons. The van der Waals surface area contributed by atoms with Crippen LogP contribution >= 0.6 is 0 Å². The second kappa shape index (κ2) is 5.90. The molecule has 1 saturated carbocycles. The van der Waals surface area contributed by atoms with Crippen LogP contribution in [0.1, 0.15) is 36.0 Å². The monoisotopic (exact) mass is 285 g/mol. The van der Waals surface area contributed by atoms with Crippen LogP contribution in [-0.2, 0) is 0 Å². The number of nitrogens with zero attached hydrogens (tertiary/aromatic N) is 1. The number of aromatic amines is 1. The molecule has 0 unspecified atom stereocenters. The SMILES string of the molecule is CNC1CCC(N(C)C(=O)c2ccc3[nH]ccc3c2)CC1. The summed E-state index contributed by atoms with van der Waals surface area (Å²) in [4.78, 5) is 17.7. The summed E-state index contributed by atoms with van der Waals surface area (Å²) in [5, 5.41) is 4.43. The molecule has 0 aliphatic heterocycles. The van der Waals surface area contributed by atoms with E-state index < -0.39 is 0 Å². The topological polar surface area (TPSA) is 48.1 Å². The number of aromatic nitrogens is 1. The van der Waals surface area contributed by atoms with Crippen LogP contribution in [0.2, 0.25) is 0 Å². The van der Waals surface area contributed by atoms with Gasteiger partial charge in [-0.05, 0) is 57.0 Å². The third-order valence-corrected chi connectivity index (χ3v) is 4.77. The largest absolute Gasteiger partial charge is 0.361 e. The van der Waals surface area contributed by atoms with Crippen molar-refractivity contribution in [3.8, 4) is 0 Å². The molecule has 1 aromatic carbocycles. The van der Waals surface area contributed by atoms with Gasteiger partial charge in [-0.25, -0.2) is 0 Å². The zero-order valence-electron chi connectivity index (χ0n) is 12.7. The summed E-state index contributed by atoms with van der Waals surface area (Å²) in [6.45, 7) is 0. The maximum absolute atomic E-state index is 12.7. The van der Waals surface area contributed by atoms with E-state index in [0.717, 1.165) is 42.1 Å². The lowest BCUT2D eigenvalue weighted by Crippen LogP contribution is -2.42. The summed E-state index contributed by atoms with van der Waals surface area (Å²) < 4.78 is 0. The first kappa shape index (κ1) is 14.1. The fraction of sp³-hybridized carbons (Fsp3) is 0.471. The quantitative estimate of drug-likeness (QED) is 0.911. The molecule has 1 amide bonds. The van der Waals surface area contributed by atoms with Gasteiger partial charge in [0.05, 0.1) is 0 Å². The zero-order valence-corrected chi connectivity index (χ0v) is 12.7. The fourth-order valence-corrected chi connectivity index (χ4v) is 3.31. The van der Waals surface area contributed by atoms with E-state index in [-0.39, 0.29) is 5.91 Å². The summed E-state index contributed by atoms with van der Waals surface area (Å²) in [6, 6.07) is 8.85. The number of nitrogens with one attached hydrogen (secondary N) is 2. The number of H-pyrrole nitrogens is 1. The van der Waals surface area contributed by atoms with E-state index in [2.05, 4.69) is 10.3 Å². The van der Waals surface area contributed by atoms with Crippen LogP contribution in [0.25, 0.3) is 10.9 Å². The van der Waals surface area contributed by atoms with Crippen molar-refractivity contribution < 1.29 is 4.79 Å². The number of hydrogen-bond donors (Lipinski definition) is 2. The van der Waals surface area contributed by atoms with E-state index in [0.29, 0.717) is 12.1 Å². The minimum atomic E-state index is 0.131. The first-order valence-corrected chi connectivity index (χ1v) is 7.70. The molecule has 1 heterocycles. The number of carbonyl (C=O) groups excluding carboxylic acids is 1. The molecular formula is C17H23N3O. The molecule has 0 saturated heterocycles. The van der Waals surface area contributed by atoms with Crippen LogP contribution < -0.4 is 5.32 Å². The summed E-state index contributed by atoms with van der Waals surface area (Å²) in [6.07, 6.45) is 6.37. The molecular weight excluding hydrogens is 262 g/mol. The molecule has 0 bridgehead atoms. The molecule has 1 aliphatic rings. The highest BCUT2D eigenvalue weighted by Gasteiger charge is 2.26. The van der Waals surface area contributed by atoms with Crippen molar-refractivity contribution in [1.29, 1.82) is 0 Å². The van der Waals surface area contributed by atoms with Gasteiger partial charge >= 0.3 is 0 Å². The fourth-order valence-electron chi connectivity index (χ4n) is 3.31. The molecule has 0 atom stereocenters. The third-order valence-electron chi connectivity index (χ3n) is 4.77. The standard InChI is InChI=1S/C17H23N3O/c1-18-14-4-6-15(7-5-14)20(2)17(21)13-3-8-16-12(11-13)9-10-19-16/h3,8-11,14-15,18-19H,4-7H2,1-2H3. The van der Waals surface area contributed by atoms with E-state index >= 15 is 0 Å². The summed E-state index contributed by atoms with van der Waals surface area (Å²) in [5.74, 6) is 0.131. The van der Waals surface area contributed by atoms with Crippen LogP contribution in [0.15, 0.2) is 30.5 Å². The van der Waals surface area contributed by atoms with Gasteiger partial charge in [0.25, 0.3) is 5.91 Å². The number of benzene rings is 1. The van der Waals surface area contributed by atoms with Gasteiger partial charge in [0.1, 0.15) is 0 Å². The lowest BCUT2D eigenvalue weighted by Gasteiger charge is -2.34. The Balaban J connectivity index is 1.72. The van der Waals surface area contributed by atoms with E-state index in [9.17, 15) is 4.79 Å². The molecule has 21 heavy (non-hydrogen) atoms. The van der Waals surface area contributed by atoms with Crippen molar-refractivity contribution in [1.82, 2.24) is 15.2 Å². The first-order valence-electron chi connectivity index (χ1n) is 7.70. The Labute approximate surface area is 125 Å². The van der Waals surface area contributed by atoms with Gasteiger partial charge in [0, 0.05) is 41.8 Å². The maximum Gasteiger partial charge on any atom is 0.253 e. The van der Waals surface area contributed by atoms with Crippen molar-refractivity contribution in [3.63, 3.8) is 0 Å². The van der Waals surface area contributed by atoms with Crippen molar-refractivity contribution in [2.45, 2.75) is 37.8 Å². The molecule has 1 aliphatic carbocycles. The summed E-state index contributed by atoms with van der Waals surface area (Å²) in [7, 11) is 3.96. The lowest BCUT2D eigenvalue weighted by atomic mass is 9.90. The van der Waals surface area contributed by atoms with E-state index in [1.165, 1.54) is 0 Å². The van der Waals surface area contributed by atoms with Gasteiger partial charge in [-0.15, -0.1) is 0 Å². The number of amides is 1. The number of hydrogen-bond acceptors (Lipinski definition) is 2. The second-order valence-electron chi connectivity index (χ2n) is 5.99. The predicted molar refractivity (Wildman–Crippen MR) is 85.5 cm³/mol. The molecule has 1 fully saturated rings. The number of fused-ring (bicyclic) bond motifs is 1. The van der Waals surface area contributed by atoms with Gasteiger partial charge < -0.3 is 15.2 Å². The van der Waals surface area contributed by atoms with Gasteiger partial charge in [0.2, 0.25) is 0 Å². The average molecular weight is 285 g/mol. The maximum atomic E-state index is 12.7. The van der Waals surface area contributed by atoms with Gasteiger partial charge in [-0.2, -0.15) is 0 Å². The summed E-state index contributed by atoms with van der Waals surface area (Å²) >= 11 is 0. The Morgan fingerprint density at radius 3 is 2.71 bits per heavy atom. The zero-order chi connectivity index (χ0) is 14.8. The Morgan fingerprint density at radius 2 is 2.00 bits per heavy atom. The highest BCUT2D eigenvalue weighted by atomic mass is 16.2. The molecule has 3 rings (SSSR count). The van der Waals surface area contributed by atoms with Crippen molar-refractivity contribution >= 4 is 16.8 Å². The molecule has 2 N–H and O–H groups in total. The molecule has 4 nitrogen and oxygen atoms in total. The van der Waals surface area contributed by atoms with Crippen LogP contribution in [0, 0.1) is 0 Å². The predicted octanol–water partition coefficient (Wildman–Crippen LogP) is 2.77. The minimum absolute atomic E-state index is 0.131. The Kier molecular flexibility index (Phi) is 3.97. The van der Waals surface area contributed by atoms with Crippen LogP contribution in [0.5, 0.6) is 0 Å². The van der Waals surface area contributed by atoms with Crippen LogP contribution in [-0.4, -0.2) is 42.0 Å². The molecule has 2 aromatic rings. The van der Waals surface area contributed by atoms with Crippen molar-refractivity contribution in [2.24, 2.45) is 0 Å². The first-order chi connectivity index (χ1) is 10.2. The number of carbonyl (C=O) groups is 1. The summed E-state index contributed by atoms with van der Waals surface area (Å²) in [5.41, 5.74) is 1.85. The lowest BCUT2D eigenvalue weighted by molar-refractivity contribution is 0.0686. The van der Waals surface area contributed by atoms with Gasteiger partial charge in [-0.1, -0.05) is 0 Å². The van der Waals surface area contributed by atoms with Gasteiger partial charge in [-0.3, -0.25) is 4.79 Å². The van der Waals surface area contributed by atoms with E-state index in [4.69, 9.17) is 0 Å². The van der Waals surface area contributed by atoms with Crippen LogP contribution in [0.4, 0.5) is 0 Å². The average Bonchev–Trinajstić information content (AvgIpc) is 3.01. The van der Waals surface area contributed by atoms with E-state index in [1.54, 1.807) is 0 Å². The Bertz CT molecular complexity index is 626. The van der Waals surface area contributed by atoms with Crippen molar-refractivity contribution in [2.75, 3.05) is 14.1 Å². The Morgan fingerprint density at radius 1 is 1.24 bits per heavy atom. The normalized spacial score (nSPS) is 22.4. The highest BCUT2D eigenvalue weighted by Crippen LogP contribution is 2.24. The highest BCUT2D eigenvalue weighted by molar-refractivity contribution is 5.98. The smallest absolute Gasteiger partial charge is 0.253 e. The Hall–Kier alpha value is -1.81. The molecule has 0 spiro atoms. The van der Waals surface area contributed by atoms with Gasteiger partial charge in [0.15, 0.2) is 0 Å². The van der Waals surface area contributed by atoms with E-state index in [1.807, 2.05) is 49.5 Å². The van der Waals surface area contributed by atoms with Crippen LogP contribution in [0.3, 0.4) is 0 Å².